The summed E-state index contributed by atoms with van der Waals surface area (Å²) in [5.41, 5.74) is 2.93. The van der Waals surface area contributed by atoms with E-state index in [1.807, 2.05) is 0 Å². The highest BCUT2D eigenvalue weighted by Gasteiger charge is 2.26. The van der Waals surface area contributed by atoms with E-state index in [1.54, 1.807) is 19.9 Å². The molecule has 8 nitrogen and oxygen atoms in total. The maximum absolute atomic E-state index is 11.8. The standard InChI is InChI=1S/C12H17N5O3/c1-12(2,10(14)19)6-15-8-7(5-13)9(18)17(4)11(20)16(8)3/h15H,6H2,1-4H3,(H2,14,19). The van der Waals surface area contributed by atoms with Gasteiger partial charge in [-0.3, -0.25) is 18.7 Å². The Morgan fingerprint density at radius 3 is 2.35 bits per heavy atom. The molecule has 0 fully saturated rings. The van der Waals surface area contributed by atoms with E-state index in [4.69, 9.17) is 11.0 Å². The summed E-state index contributed by atoms with van der Waals surface area (Å²) in [5.74, 6) is -0.452. The van der Waals surface area contributed by atoms with Gasteiger partial charge in [0.25, 0.3) is 5.56 Å². The topological polar surface area (TPSA) is 123 Å². The molecule has 20 heavy (non-hydrogen) atoms. The molecular weight excluding hydrogens is 262 g/mol. The number of anilines is 1. The average molecular weight is 279 g/mol. The number of hydrogen-bond donors (Lipinski definition) is 2. The third-order valence-electron chi connectivity index (χ3n) is 3.14. The Morgan fingerprint density at radius 1 is 1.35 bits per heavy atom. The first-order chi connectivity index (χ1) is 9.13. The van der Waals surface area contributed by atoms with Crippen molar-refractivity contribution < 1.29 is 4.79 Å². The largest absolute Gasteiger partial charge is 0.369 e. The SMILES string of the molecule is Cn1c(NCC(C)(C)C(N)=O)c(C#N)c(=O)n(C)c1=O. The zero-order valence-corrected chi connectivity index (χ0v) is 11.9. The molecule has 0 aliphatic carbocycles. The van der Waals surface area contributed by atoms with E-state index in [-0.39, 0.29) is 17.9 Å². The molecule has 0 saturated heterocycles. The normalized spacial score (nSPS) is 10.9. The summed E-state index contributed by atoms with van der Waals surface area (Å²) < 4.78 is 2.00. The van der Waals surface area contributed by atoms with E-state index in [9.17, 15) is 14.4 Å². The molecule has 1 aromatic rings. The molecule has 1 aromatic heterocycles. The lowest BCUT2D eigenvalue weighted by atomic mass is 9.93. The smallest absolute Gasteiger partial charge is 0.332 e. The van der Waals surface area contributed by atoms with Crippen molar-refractivity contribution in [2.24, 2.45) is 25.2 Å². The van der Waals surface area contributed by atoms with E-state index in [1.165, 1.54) is 14.1 Å². The third-order valence-corrected chi connectivity index (χ3v) is 3.14. The molecule has 3 N–H and O–H groups in total. The predicted molar refractivity (Wildman–Crippen MR) is 73.1 cm³/mol. The molecule has 0 aliphatic heterocycles. The molecule has 1 heterocycles. The average Bonchev–Trinajstić information content (AvgIpc) is 2.38. The quantitative estimate of drug-likeness (QED) is 0.722. The fraction of sp³-hybridized carbons (Fsp3) is 0.500. The summed E-state index contributed by atoms with van der Waals surface area (Å²) in [6.07, 6.45) is 0. The number of primary amides is 1. The van der Waals surface area contributed by atoms with Gasteiger partial charge in [0.15, 0.2) is 5.56 Å². The van der Waals surface area contributed by atoms with Crippen molar-refractivity contribution in [1.82, 2.24) is 9.13 Å². The molecular formula is C12H17N5O3. The monoisotopic (exact) mass is 279 g/mol. The molecule has 0 spiro atoms. The minimum Gasteiger partial charge on any atom is -0.369 e. The molecule has 1 amide bonds. The Morgan fingerprint density at radius 2 is 1.90 bits per heavy atom. The van der Waals surface area contributed by atoms with Crippen LogP contribution in [0.5, 0.6) is 0 Å². The van der Waals surface area contributed by atoms with E-state index >= 15 is 0 Å². The highest BCUT2D eigenvalue weighted by atomic mass is 16.2. The maximum Gasteiger partial charge on any atom is 0.332 e. The van der Waals surface area contributed by atoms with Gasteiger partial charge >= 0.3 is 5.69 Å². The molecule has 0 aliphatic rings. The van der Waals surface area contributed by atoms with Gasteiger partial charge in [-0.05, 0) is 13.8 Å². The van der Waals surface area contributed by atoms with Gasteiger partial charge < -0.3 is 11.1 Å². The van der Waals surface area contributed by atoms with Crippen LogP contribution in [-0.4, -0.2) is 21.6 Å². The number of nitriles is 1. The Hall–Kier alpha value is -2.56. The van der Waals surface area contributed by atoms with Gasteiger partial charge in [-0.25, -0.2) is 4.79 Å². The second-order valence-corrected chi connectivity index (χ2v) is 5.14. The number of nitrogens with two attached hydrogens (primary N) is 1. The molecule has 1 rings (SSSR count). The molecule has 8 heteroatoms. The first kappa shape index (κ1) is 15.5. The van der Waals surface area contributed by atoms with Gasteiger partial charge in [-0.15, -0.1) is 0 Å². The number of amides is 1. The summed E-state index contributed by atoms with van der Waals surface area (Å²) in [6, 6.07) is 1.77. The lowest BCUT2D eigenvalue weighted by molar-refractivity contribution is -0.125. The molecule has 0 unspecified atom stereocenters. The fourth-order valence-electron chi connectivity index (χ4n) is 1.54. The third kappa shape index (κ3) is 2.56. The maximum atomic E-state index is 11.8. The summed E-state index contributed by atoms with van der Waals surface area (Å²) in [7, 11) is 2.73. The Bertz CT molecular complexity index is 706. The van der Waals surface area contributed by atoms with E-state index < -0.39 is 22.6 Å². The van der Waals surface area contributed by atoms with Crippen LogP contribution in [-0.2, 0) is 18.9 Å². The second-order valence-electron chi connectivity index (χ2n) is 5.14. The van der Waals surface area contributed by atoms with Gasteiger partial charge in [0, 0.05) is 20.6 Å². The number of carbonyl (C=O) groups is 1. The van der Waals surface area contributed by atoms with Crippen molar-refractivity contribution in [3.63, 3.8) is 0 Å². The number of nitrogens with one attached hydrogen (secondary N) is 1. The molecule has 0 bridgehead atoms. The summed E-state index contributed by atoms with van der Waals surface area (Å²) in [4.78, 5) is 34.9. The van der Waals surface area contributed by atoms with Crippen molar-refractivity contribution in [3.8, 4) is 6.07 Å². The predicted octanol–water partition coefficient (Wildman–Crippen LogP) is -1.12. The van der Waals surface area contributed by atoms with Crippen LogP contribution in [0.2, 0.25) is 0 Å². The van der Waals surface area contributed by atoms with Crippen molar-refractivity contribution in [1.29, 1.82) is 5.26 Å². The van der Waals surface area contributed by atoms with Crippen LogP contribution in [0.1, 0.15) is 19.4 Å². The van der Waals surface area contributed by atoms with E-state index in [0.717, 1.165) is 9.13 Å². The number of hydrogen-bond acceptors (Lipinski definition) is 5. The first-order valence-electron chi connectivity index (χ1n) is 5.87. The van der Waals surface area contributed by atoms with Gasteiger partial charge in [-0.2, -0.15) is 5.26 Å². The van der Waals surface area contributed by atoms with E-state index in [2.05, 4.69) is 5.32 Å². The minimum absolute atomic E-state index is 0.0786. The lowest BCUT2D eigenvalue weighted by Crippen LogP contribution is -2.42. The van der Waals surface area contributed by atoms with Crippen LogP contribution in [0.15, 0.2) is 9.59 Å². The van der Waals surface area contributed by atoms with Crippen LogP contribution < -0.4 is 22.3 Å². The van der Waals surface area contributed by atoms with Gasteiger partial charge in [0.2, 0.25) is 5.91 Å². The van der Waals surface area contributed by atoms with Gasteiger partial charge in [0.1, 0.15) is 11.9 Å². The highest BCUT2D eigenvalue weighted by Crippen LogP contribution is 2.16. The summed E-state index contributed by atoms with van der Waals surface area (Å²) in [5, 5.41) is 11.9. The number of carbonyl (C=O) groups excluding carboxylic acids is 1. The van der Waals surface area contributed by atoms with Gasteiger partial charge in [0.05, 0.1) is 5.41 Å². The summed E-state index contributed by atoms with van der Waals surface area (Å²) in [6.45, 7) is 3.33. The Labute approximate surface area is 115 Å². The highest BCUT2D eigenvalue weighted by molar-refractivity contribution is 5.80. The minimum atomic E-state index is -0.885. The van der Waals surface area contributed by atoms with Crippen molar-refractivity contribution in [2.75, 3.05) is 11.9 Å². The first-order valence-corrected chi connectivity index (χ1v) is 5.87. The van der Waals surface area contributed by atoms with Crippen LogP contribution in [0.4, 0.5) is 5.82 Å². The Balaban J connectivity index is 3.34. The zero-order valence-electron chi connectivity index (χ0n) is 11.9. The lowest BCUT2D eigenvalue weighted by Gasteiger charge is -2.22. The van der Waals surface area contributed by atoms with Crippen LogP contribution >= 0.6 is 0 Å². The molecule has 0 radical (unpaired) electrons. The van der Waals surface area contributed by atoms with Crippen LogP contribution in [0, 0.1) is 16.7 Å². The molecule has 108 valence electrons. The molecule has 0 aromatic carbocycles. The van der Waals surface area contributed by atoms with E-state index in [0.29, 0.717) is 0 Å². The molecule has 0 atom stereocenters. The summed E-state index contributed by atoms with van der Waals surface area (Å²) >= 11 is 0. The van der Waals surface area contributed by atoms with Gasteiger partial charge in [-0.1, -0.05) is 0 Å². The van der Waals surface area contributed by atoms with Crippen molar-refractivity contribution in [2.45, 2.75) is 13.8 Å². The number of rotatable bonds is 4. The molecule has 0 saturated carbocycles. The fourth-order valence-corrected chi connectivity index (χ4v) is 1.54. The zero-order chi connectivity index (χ0) is 15.7. The van der Waals surface area contributed by atoms with Crippen molar-refractivity contribution >= 4 is 11.7 Å². The Kier molecular flexibility index (Phi) is 4.03. The van der Waals surface area contributed by atoms with Crippen LogP contribution in [0.3, 0.4) is 0 Å². The second kappa shape index (κ2) is 5.21. The van der Waals surface area contributed by atoms with Crippen LogP contribution in [0.25, 0.3) is 0 Å². The number of aromatic nitrogens is 2. The van der Waals surface area contributed by atoms with Crippen molar-refractivity contribution in [3.05, 3.63) is 26.4 Å². The number of nitrogens with zero attached hydrogens (tertiary/aromatic N) is 3.